The van der Waals surface area contributed by atoms with Crippen LogP contribution in [0.3, 0.4) is 0 Å². The summed E-state index contributed by atoms with van der Waals surface area (Å²) >= 11 is 0. The molecule has 0 bridgehead atoms. The molecule has 0 fully saturated rings. The number of benzene rings is 2. The second kappa shape index (κ2) is 7.86. The van der Waals surface area contributed by atoms with Crippen LogP contribution in [0.1, 0.15) is 33.1 Å². The molecule has 138 valence electrons. The van der Waals surface area contributed by atoms with Gasteiger partial charge in [-0.25, -0.2) is 9.18 Å². The standard InChI is InChI=1S/C19H20FNO5/c1-10-5-11(2)7-12(6-10)17(19(23)24)21-18(22)13-8-15(25-3)16(26-4)9-14(13)20/h5-9,17H,1-4H3,(H,21,22)(H,23,24). The topological polar surface area (TPSA) is 84.9 Å². The van der Waals surface area contributed by atoms with Gasteiger partial charge in [0, 0.05) is 6.07 Å². The van der Waals surface area contributed by atoms with E-state index in [9.17, 15) is 19.1 Å². The van der Waals surface area contributed by atoms with Crippen LogP contribution in [0.2, 0.25) is 0 Å². The van der Waals surface area contributed by atoms with Gasteiger partial charge in [-0.2, -0.15) is 0 Å². The van der Waals surface area contributed by atoms with E-state index in [-0.39, 0.29) is 17.1 Å². The first-order valence-corrected chi connectivity index (χ1v) is 7.80. The van der Waals surface area contributed by atoms with E-state index in [1.807, 2.05) is 19.9 Å². The summed E-state index contributed by atoms with van der Waals surface area (Å²) in [5.74, 6) is -2.66. The number of carboxylic acids is 1. The number of carboxylic acid groups (broad SMARTS) is 1. The van der Waals surface area contributed by atoms with Crippen LogP contribution >= 0.6 is 0 Å². The Kier molecular flexibility index (Phi) is 5.82. The molecule has 2 rings (SSSR count). The minimum absolute atomic E-state index is 0.130. The monoisotopic (exact) mass is 361 g/mol. The lowest BCUT2D eigenvalue weighted by Crippen LogP contribution is -2.34. The molecule has 0 spiro atoms. The first-order chi connectivity index (χ1) is 12.3. The lowest BCUT2D eigenvalue weighted by molar-refractivity contribution is -0.139. The molecule has 0 saturated carbocycles. The highest BCUT2D eigenvalue weighted by atomic mass is 19.1. The van der Waals surface area contributed by atoms with Crippen molar-refractivity contribution in [2.45, 2.75) is 19.9 Å². The van der Waals surface area contributed by atoms with Crippen molar-refractivity contribution < 1.29 is 28.6 Å². The molecule has 2 aromatic carbocycles. The van der Waals surface area contributed by atoms with Crippen LogP contribution in [0.15, 0.2) is 30.3 Å². The van der Waals surface area contributed by atoms with E-state index in [0.717, 1.165) is 17.2 Å². The number of halogens is 1. The number of amides is 1. The van der Waals surface area contributed by atoms with Gasteiger partial charge >= 0.3 is 5.97 Å². The summed E-state index contributed by atoms with van der Waals surface area (Å²) < 4.78 is 24.3. The van der Waals surface area contributed by atoms with Crippen molar-refractivity contribution in [2.75, 3.05) is 14.2 Å². The van der Waals surface area contributed by atoms with Crippen LogP contribution in [-0.2, 0) is 4.79 Å². The highest BCUT2D eigenvalue weighted by Gasteiger charge is 2.25. The molecule has 0 heterocycles. The van der Waals surface area contributed by atoms with Gasteiger partial charge in [-0.05, 0) is 25.5 Å². The van der Waals surface area contributed by atoms with Gasteiger partial charge in [-0.1, -0.05) is 29.3 Å². The van der Waals surface area contributed by atoms with Crippen LogP contribution in [0.25, 0.3) is 0 Å². The van der Waals surface area contributed by atoms with E-state index in [1.54, 1.807) is 12.1 Å². The van der Waals surface area contributed by atoms with Crippen LogP contribution in [-0.4, -0.2) is 31.2 Å². The van der Waals surface area contributed by atoms with Gasteiger partial charge in [0.25, 0.3) is 5.91 Å². The Labute approximate surface area is 150 Å². The van der Waals surface area contributed by atoms with Gasteiger partial charge < -0.3 is 19.9 Å². The Balaban J connectivity index is 2.38. The summed E-state index contributed by atoms with van der Waals surface area (Å²) in [6.07, 6.45) is 0. The minimum atomic E-state index is -1.31. The van der Waals surface area contributed by atoms with Crippen LogP contribution in [0, 0.1) is 19.7 Å². The molecule has 6 nitrogen and oxygen atoms in total. The van der Waals surface area contributed by atoms with Crippen molar-refractivity contribution in [1.82, 2.24) is 5.32 Å². The largest absolute Gasteiger partial charge is 0.493 e. The van der Waals surface area contributed by atoms with E-state index in [0.29, 0.717) is 5.56 Å². The molecule has 0 aliphatic rings. The van der Waals surface area contributed by atoms with E-state index < -0.39 is 23.7 Å². The molecule has 0 aromatic heterocycles. The molecule has 0 aliphatic heterocycles. The number of ether oxygens (including phenoxy) is 2. The van der Waals surface area contributed by atoms with Crippen LogP contribution in [0.4, 0.5) is 4.39 Å². The molecule has 7 heteroatoms. The zero-order valence-corrected chi connectivity index (χ0v) is 14.9. The molecule has 1 atom stereocenters. The Morgan fingerprint density at radius 1 is 1.00 bits per heavy atom. The number of rotatable bonds is 6. The summed E-state index contributed by atoms with van der Waals surface area (Å²) in [4.78, 5) is 24.1. The quantitative estimate of drug-likeness (QED) is 0.826. The number of hydrogen-bond donors (Lipinski definition) is 2. The summed E-state index contributed by atoms with van der Waals surface area (Å²) in [7, 11) is 2.70. The maximum absolute atomic E-state index is 14.2. The van der Waals surface area contributed by atoms with Crippen molar-refractivity contribution in [3.63, 3.8) is 0 Å². The fourth-order valence-corrected chi connectivity index (χ4v) is 2.70. The summed E-state index contributed by atoms with van der Waals surface area (Å²) in [6, 6.07) is 6.09. The van der Waals surface area contributed by atoms with E-state index in [4.69, 9.17) is 9.47 Å². The highest BCUT2D eigenvalue weighted by Crippen LogP contribution is 2.30. The average molecular weight is 361 g/mol. The first kappa shape index (κ1) is 19.2. The molecular formula is C19H20FNO5. The summed E-state index contributed by atoms with van der Waals surface area (Å²) in [6.45, 7) is 3.65. The molecule has 1 unspecified atom stereocenters. The molecular weight excluding hydrogens is 341 g/mol. The zero-order valence-electron chi connectivity index (χ0n) is 14.9. The SMILES string of the molecule is COc1cc(F)c(C(=O)NC(C(=O)O)c2cc(C)cc(C)c2)cc1OC. The molecule has 26 heavy (non-hydrogen) atoms. The van der Waals surface area contributed by atoms with Gasteiger partial charge in [-0.3, -0.25) is 4.79 Å². The Morgan fingerprint density at radius 3 is 2.04 bits per heavy atom. The third kappa shape index (κ3) is 4.11. The minimum Gasteiger partial charge on any atom is -0.493 e. The van der Waals surface area contributed by atoms with Crippen LogP contribution in [0.5, 0.6) is 11.5 Å². The van der Waals surface area contributed by atoms with Crippen LogP contribution < -0.4 is 14.8 Å². The number of aryl methyl sites for hydroxylation is 2. The van der Waals surface area contributed by atoms with Crippen molar-refractivity contribution in [3.05, 3.63) is 58.4 Å². The molecule has 0 radical (unpaired) electrons. The highest BCUT2D eigenvalue weighted by molar-refractivity contribution is 5.97. The number of hydrogen-bond acceptors (Lipinski definition) is 4. The zero-order chi connectivity index (χ0) is 19.4. The molecule has 2 aromatic rings. The number of aliphatic carboxylic acids is 1. The lowest BCUT2D eigenvalue weighted by atomic mass is 10.0. The second-order valence-corrected chi connectivity index (χ2v) is 5.85. The number of carbonyl (C=O) groups is 2. The van der Waals surface area contributed by atoms with Crippen molar-refractivity contribution in [1.29, 1.82) is 0 Å². The fourth-order valence-electron chi connectivity index (χ4n) is 2.70. The van der Waals surface area contributed by atoms with Crippen molar-refractivity contribution in [2.24, 2.45) is 0 Å². The maximum Gasteiger partial charge on any atom is 0.330 e. The van der Waals surface area contributed by atoms with Gasteiger partial charge in [0.2, 0.25) is 0 Å². The predicted octanol–water partition coefficient (Wildman–Crippen LogP) is 3.02. The van der Waals surface area contributed by atoms with Gasteiger partial charge in [0.05, 0.1) is 19.8 Å². The molecule has 1 amide bonds. The van der Waals surface area contributed by atoms with Gasteiger partial charge in [-0.15, -0.1) is 0 Å². The molecule has 0 saturated heterocycles. The molecule has 0 aliphatic carbocycles. The molecule has 2 N–H and O–H groups in total. The maximum atomic E-state index is 14.2. The second-order valence-electron chi connectivity index (χ2n) is 5.85. The Hall–Kier alpha value is -3.09. The first-order valence-electron chi connectivity index (χ1n) is 7.80. The summed E-state index contributed by atoms with van der Waals surface area (Å²) in [5.41, 5.74) is 1.79. The number of carbonyl (C=O) groups excluding carboxylic acids is 1. The van der Waals surface area contributed by atoms with E-state index in [2.05, 4.69) is 5.32 Å². The van der Waals surface area contributed by atoms with E-state index in [1.165, 1.54) is 20.3 Å². The number of nitrogens with one attached hydrogen (secondary N) is 1. The smallest absolute Gasteiger partial charge is 0.330 e. The fraction of sp³-hybridized carbons (Fsp3) is 0.263. The van der Waals surface area contributed by atoms with Crippen molar-refractivity contribution in [3.8, 4) is 11.5 Å². The van der Waals surface area contributed by atoms with Crippen molar-refractivity contribution >= 4 is 11.9 Å². The van der Waals surface area contributed by atoms with Gasteiger partial charge in [0.1, 0.15) is 5.82 Å². The Bertz CT molecular complexity index is 830. The Morgan fingerprint density at radius 2 is 1.54 bits per heavy atom. The van der Waals surface area contributed by atoms with Gasteiger partial charge in [0.15, 0.2) is 17.5 Å². The normalized spacial score (nSPS) is 11.6. The third-order valence-corrected chi connectivity index (χ3v) is 3.82. The predicted molar refractivity (Wildman–Crippen MR) is 93.3 cm³/mol. The lowest BCUT2D eigenvalue weighted by Gasteiger charge is -2.17. The van der Waals surface area contributed by atoms with E-state index >= 15 is 0 Å². The average Bonchev–Trinajstić information content (AvgIpc) is 2.57. The number of methoxy groups -OCH3 is 2. The third-order valence-electron chi connectivity index (χ3n) is 3.82. The summed E-state index contributed by atoms with van der Waals surface area (Å²) in [5, 5.41) is 11.9.